The molecule has 2 N–H and O–H groups in total. The van der Waals surface area contributed by atoms with Gasteiger partial charge in [-0.1, -0.05) is 6.07 Å². The van der Waals surface area contributed by atoms with E-state index in [0.717, 1.165) is 29.1 Å². The standard InChI is InChI=1S/C14H17N3O/c1-11-8-14(12(9-15)10-17-11)18-7-5-13-4-2-3-6-16-13/h2-4,6,8,10H,5,7,9,15H2,1H3. The van der Waals surface area contributed by atoms with Gasteiger partial charge in [-0.2, -0.15) is 0 Å². The van der Waals surface area contributed by atoms with Crippen LogP contribution >= 0.6 is 0 Å². The molecule has 0 spiro atoms. The SMILES string of the molecule is Cc1cc(OCCc2ccccn2)c(CN)cn1. The van der Waals surface area contributed by atoms with Gasteiger partial charge < -0.3 is 10.5 Å². The van der Waals surface area contributed by atoms with Crippen molar-refractivity contribution in [1.82, 2.24) is 9.97 Å². The van der Waals surface area contributed by atoms with E-state index in [1.54, 1.807) is 12.4 Å². The van der Waals surface area contributed by atoms with E-state index >= 15 is 0 Å². The minimum atomic E-state index is 0.437. The molecule has 0 aliphatic heterocycles. The summed E-state index contributed by atoms with van der Waals surface area (Å²) in [7, 11) is 0. The summed E-state index contributed by atoms with van der Waals surface area (Å²) < 4.78 is 5.75. The molecule has 2 aromatic rings. The van der Waals surface area contributed by atoms with Crippen molar-refractivity contribution in [1.29, 1.82) is 0 Å². The summed E-state index contributed by atoms with van der Waals surface area (Å²) >= 11 is 0. The zero-order chi connectivity index (χ0) is 12.8. The smallest absolute Gasteiger partial charge is 0.127 e. The fraction of sp³-hybridized carbons (Fsp3) is 0.286. The van der Waals surface area contributed by atoms with Crippen LogP contribution in [0.15, 0.2) is 36.7 Å². The van der Waals surface area contributed by atoms with E-state index in [1.807, 2.05) is 31.2 Å². The van der Waals surface area contributed by atoms with Gasteiger partial charge in [0.2, 0.25) is 0 Å². The maximum atomic E-state index is 5.75. The number of nitrogens with zero attached hydrogens (tertiary/aromatic N) is 2. The Bertz CT molecular complexity index is 500. The second-order valence-electron chi connectivity index (χ2n) is 4.06. The van der Waals surface area contributed by atoms with E-state index in [-0.39, 0.29) is 0 Å². The summed E-state index contributed by atoms with van der Waals surface area (Å²) in [4.78, 5) is 8.46. The molecule has 2 rings (SSSR count). The molecule has 0 unspecified atom stereocenters. The molecular formula is C14H17N3O. The van der Waals surface area contributed by atoms with Gasteiger partial charge in [0.05, 0.1) is 6.61 Å². The van der Waals surface area contributed by atoms with Gasteiger partial charge in [-0.25, -0.2) is 0 Å². The van der Waals surface area contributed by atoms with Gasteiger partial charge in [-0.05, 0) is 19.1 Å². The van der Waals surface area contributed by atoms with Crippen molar-refractivity contribution < 1.29 is 4.74 Å². The second-order valence-corrected chi connectivity index (χ2v) is 4.06. The van der Waals surface area contributed by atoms with E-state index in [9.17, 15) is 0 Å². The summed E-state index contributed by atoms with van der Waals surface area (Å²) in [5.41, 5.74) is 8.54. The molecule has 0 aliphatic rings. The molecule has 0 amide bonds. The second kappa shape index (κ2) is 6.12. The maximum absolute atomic E-state index is 5.75. The highest BCUT2D eigenvalue weighted by Gasteiger charge is 2.03. The molecule has 0 bridgehead atoms. The van der Waals surface area contributed by atoms with Crippen molar-refractivity contribution in [2.45, 2.75) is 19.9 Å². The summed E-state index contributed by atoms with van der Waals surface area (Å²) in [6.45, 7) is 2.96. The number of hydrogen-bond donors (Lipinski definition) is 1. The number of rotatable bonds is 5. The molecule has 94 valence electrons. The number of aromatic nitrogens is 2. The van der Waals surface area contributed by atoms with Gasteiger partial charge in [0.1, 0.15) is 5.75 Å². The van der Waals surface area contributed by atoms with Crippen LogP contribution in [-0.4, -0.2) is 16.6 Å². The lowest BCUT2D eigenvalue weighted by atomic mass is 10.2. The molecule has 4 heteroatoms. The molecule has 0 saturated heterocycles. The van der Waals surface area contributed by atoms with E-state index in [1.165, 1.54) is 0 Å². The lowest BCUT2D eigenvalue weighted by Crippen LogP contribution is -2.07. The van der Waals surface area contributed by atoms with Crippen LogP contribution in [0, 0.1) is 6.92 Å². The molecule has 0 saturated carbocycles. The number of hydrogen-bond acceptors (Lipinski definition) is 4. The lowest BCUT2D eigenvalue weighted by Gasteiger charge is -2.10. The Morgan fingerprint density at radius 2 is 2.17 bits per heavy atom. The van der Waals surface area contributed by atoms with Crippen LogP contribution in [0.4, 0.5) is 0 Å². The number of ether oxygens (including phenoxy) is 1. The van der Waals surface area contributed by atoms with E-state index in [4.69, 9.17) is 10.5 Å². The number of pyridine rings is 2. The van der Waals surface area contributed by atoms with E-state index < -0.39 is 0 Å². The predicted molar refractivity (Wildman–Crippen MR) is 70.3 cm³/mol. The Balaban J connectivity index is 1.96. The van der Waals surface area contributed by atoms with Crippen molar-refractivity contribution in [3.05, 3.63) is 53.6 Å². The zero-order valence-electron chi connectivity index (χ0n) is 10.5. The third-order valence-electron chi connectivity index (χ3n) is 2.64. The summed E-state index contributed by atoms with van der Waals surface area (Å²) in [5, 5.41) is 0. The molecule has 0 aliphatic carbocycles. The van der Waals surface area contributed by atoms with Gasteiger partial charge in [0.15, 0.2) is 0 Å². The lowest BCUT2D eigenvalue weighted by molar-refractivity contribution is 0.316. The van der Waals surface area contributed by atoms with E-state index in [0.29, 0.717) is 13.2 Å². The Morgan fingerprint density at radius 1 is 1.28 bits per heavy atom. The van der Waals surface area contributed by atoms with Crippen molar-refractivity contribution in [2.75, 3.05) is 6.61 Å². The van der Waals surface area contributed by atoms with Crippen molar-refractivity contribution in [2.24, 2.45) is 5.73 Å². The average molecular weight is 243 g/mol. The molecule has 0 fully saturated rings. The average Bonchev–Trinajstić information content (AvgIpc) is 2.40. The number of aryl methyl sites for hydroxylation is 1. The van der Waals surface area contributed by atoms with Crippen LogP contribution in [0.2, 0.25) is 0 Å². The molecule has 0 aromatic carbocycles. The molecular weight excluding hydrogens is 226 g/mol. The Kier molecular flexibility index (Phi) is 4.25. The van der Waals surface area contributed by atoms with Gasteiger partial charge in [0.25, 0.3) is 0 Å². The van der Waals surface area contributed by atoms with Crippen molar-refractivity contribution in [3.63, 3.8) is 0 Å². The first kappa shape index (κ1) is 12.5. The van der Waals surface area contributed by atoms with Crippen LogP contribution in [0.1, 0.15) is 17.0 Å². The summed E-state index contributed by atoms with van der Waals surface area (Å²) in [5.74, 6) is 0.820. The van der Waals surface area contributed by atoms with Crippen molar-refractivity contribution >= 4 is 0 Å². The quantitative estimate of drug-likeness (QED) is 0.870. The Labute approximate surface area is 107 Å². The van der Waals surface area contributed by atoms with Gasteiger partial charge in [-0.3, -0.25) is 9.97 Å². The monoisotopic (exact) mass is 243 g/mol. The predicted octanol–water partition coefficient (Wildman–Crippen LogP) is 1.87. The van der Waals surface area contributed by atoms with Crippen molar-refractivity contribution in [3.8, 4) is 5.75 Å². The topological polar surface area (TPSA) is 61.0 Å². The number of nitrogens with two attached hydrogens (primary N) is 1. The van der Waals surface area contributed by atoms with Gasteiger partial charge in [0, 0.05) is 48.4 Å². The highest BCUT2D eigenvalue weighted by atomic mass is 16.5. The largest absolute Gasteiger partial charge is 0.493 e. The van der Waals surface area contributed by atoms with Gasteiger partial charge in [-0.15, -0.1) is 0 Å². The molecule has 18 heavy (non-hydrogen) atoms. The molecule has 0 atom stereocenters. The van der Waals surface area contributed by atoms with Crippen LogP contribution in [0.5, 0.6) is 5.75 Å². The third kappa shape index (κ3) is 3.28. The first-order valence-electron chi connectivity index (χ1n) is 5.98. The Morgan fingerprint density at radius 3 is 2.89 bits per heavy atom. The zero-order valence-corrected chi connectivity index (χ0v) is 10.5. The van der Waals surface area contributed by atoms with E-state index in [2.05, 4.69) is 9.97 Å². The molecule has 2 heterocycles. The van der Waals surface area contributed by atoms with Crippen LogP contribution in [-0.2, 0) is 13.0 Å². The van der Waals surface area contributed by atoms with Crippen LogP contribution < -0.4 is 10.5 Å². The van der Waals surface area contributed by atoms with Crippen LogP contribution in [0.3, 0.4) is 0 Å². The third-order valence-corrected chi connectivity index (χ3v) is 2.64. The molecule has 2 aromatic heterocycles. The molecule has 4 nitrogen and oxygen atoms in total. The highest BCUT2D eigenvalue weighted by molar-refractivity contribution is 5.32. The Hall–Kier alpha value is -1.94. The van der Waals surface area contributed by atoms with Gasteiger partial charge >= 0.3 is 0 Å². The summed E-state index contributed by atoms with van der Waals surface area (Å²) in [6, 6.07) is 7.79. The fourth-order valence-electron chi connectivity index (χ4n) is 1.66. The highest BCUT2D eigenvalue weighted by Crippen LogP contribution is 2.18. The molecule has 0 radical (unpaired) electrons. The summed E-state index contributed by atoms with van der Waals surface area (Å²) in [6.07, 6.45) is 4.34. The first-order chi connectivity index (χ1) is 8.79. The van der Waals surface area contributed by atoms with Crippen LogP contribution in [0.25, 0.3) is 0 Å². The maximum Gasteiger partial charge on any atom is 0.127 e. The minimum Gasteiger partial charge on any atom is -0.493 e. The fourth-order valence-corrected chi connectivity index (χ4v) is 1.66. The normalized spacial score (nSPS) is 10.3. The minimum absolute atomic E-state index is 0.437. The first-order valence-corrected chi connectivity index (χ1v) is 5.98.